The van der Waals surface area contributed by atoms with Crippen molar-refractivity contribution in [2.24, 2.45) is 5.84 Å². The third-order valence-corrected chi connectivity index (χ3v) is 2.10. The summed E-state index contributed by atoms with van der Waals surface area (Å²) >= 11 is 1.31. The van der Waals surface area contributed by atoms with Crippen LogP contribution in [0.15, 0.2) is 0 Å². The van der Waals surface area contributed by atoms with Gasteiger partial charge >= 0.3 is 6.03 Å². The molecule has 7 heteroatoms. The summed E-state index contributed by atoms with van der Waals surface area (Å²) in [4.78, 5) is 11.2. The molecule has 72 valence electrons. The second-order valence-corrected chi connectivity index (χ2v) is 3.52. The molecule has 1 rings (SSSR count). The van der Waals surface area contributed by atoms with E-state index in [1.54, 1.807) is 6.92 Å². The molecule has 0 aliphatic heterocycles. The maximum atomic E-state index is 11.2. The van der Waals surface area contributed by atoms with Crippen molar-refractivity contribution in [1.82, 2.24) is 15.2 Å². The van der Waals surface area contributed by atoms with Crippen molar-refractivity contribution in [3.63, 3.8) is 0 Å². The summed E-state index contributed by atoms with van der Waals surface area (Å²) in [6.45, 7) is 4.04. The van der Waals surface area contributed by atoms with Crippen molar-refractivity contribution < 1.29 is 4.79 Å². The molecule has 6 nitrogen and oxygen atoms in total. The lowest BCUT2D eigenvalue weighted by Gasteiger charge is -2.12. The number of hydrogen-bond acceptors (Lipinski definition) is 5. The first-order valence-corrected chi connectivity index (χ1v) is 4.58. The Balaban J connectivity index is 2.54. The summed E-state index contributed by atoms with van der Waals surface area (Å²) in [5.74, 6) is 5.35. The van der Waals surface area contributed by atoms with Crippen LogP contribution in [0.5, 0.6) is 0 Å². The highest BCUT2D eigenvalue weighted by Crippen LogP contribution is 2.13. The fourth-order valence-corrected chi connectivity index (χ4v) is 1.24. The van der Waals surface area contributed by atoms with Crippen LogP contribution in [0.25, 0.3) is 0 Å². The Kier molecular flexibility index (Phi) is 3.15. The summed E-state index contributed by atoms with van der Waals surface area (Å²) in [6, 6.07) is -0.376. The van der Waals surface area contributed by atoms with Crippen LogP contribution in [-0.4, -0.2) is 27.8 Å². The number of carbonyl (C=O) groups excluding carboxylic acids is 1. The normalized spacial score (nSPS) is 9.77. The number of rotatable bonds is 2. The van der Waals surface area contributed by atoms with Gasteiger partial charge in [-0.1, -0.05) is 11.3 Å². The van der Waals surface area contributed by atoms with E-state index in [0.29, 0.717) is 11.7 Å². The molecule has 2 amide bonds. The second-order valence-electron chi connectivity index (χ2n) is 2.34. The van der Waals surface area contributed by atoms with Crippen LogP contribution in [0, 0.1) is 6.92 Å². The lowest BCUT2D eigenvalue weighted by atomic mass is 10.7. The minimum absolute atomic E-state index is 0.376. The van der Waals surface area contributed by atoms with Crippen LogP contribution in [-0.2, 0) is 0 Å². The Morgan fingerprint density at radius 2 is 2.38 bits per heavy atom. The molecule has 0 aromatic carbocycles. The minimum Gasteiger partial charge on any atom is -0.281 e. The van der Waals surface area contributed by atoms with Gasteiger partial charge in [0, 0.05) is 6.54 Å². The number of hydrogen-bond donors (Lipinski definition) is 2. The predicted octanol–water partition coefficient (Wildman–Crippen LogP) is 0.574. The number of urea groups is 1. The predicted molar refractivity (Wildman–Crippen MR) is 50.2 cm³/mol. The molecule has 0 fully saturated rings. The lowest BCUT2D eigenvalue weighted by molar-refractivity contribution is 0.215. The summed E-state index contributed by atoms with van der Waals surface area (Å²) < 4.78 is 0. The topological polar surface area (TPSA) is 84.1 Å². The van der Waals surface area contributed by atoms with Crippen LogP contribution >= 0.6 is 11.3 Å². The average Bonchev–Trinajstić information content (AvgIpc) is 2.49. The number of nitrogens with two attached hydrogens (primary N) is 1. The Labute approximate surface area is 79.7 Å². The molecule has 0 aliphatic rings. The van der Waals surface area contributed by atoms with E-state index in [2.05, 4.69) is 15.5 Å². The highest BCUT2D eigenvalue weighted by molar-refractivity contribution is 7.15. The SMILES string of the molecule is CCN(N)C(=O)Nc1nnc(C)s1. The van der Waals surface area contributed by atoms with Crippen molar-refractivity contribution >= 4 is 22.5 Å². The van der Waals surface area contributed by atoms with Gasteiger partial charge in [-0.2, -0.15) is 0 Å². The molecular formula is C6H11N5OS. The maximum absolute atomic E-state index is 11.2. The fraction of sp³-hybridized carbons (Fsp3) is 0.500. The molecule has 0 bridgehead atoms. The number of hydrazine groups is 1. The summed E-state index contributed by atoms with van der Waals surface area (Å²) in [5.41, 5.74) is 0. The van der Waals surface area contributed by atoms with Gasteiger partial charge in [0.15, 0.2) is 0 Å². The second kappa shape index (κ2) is 4.15. The molecule has 0 atom stereocenters. The number of aromatic nitrogens is 2. The van der Waals surface area contributed by atoms with Gasteiger partial charge in [0.2, 0.25) is 5.13 Å². The third-order valence-electron chi connectivity index (χ3n) is 1.34. The van der Waals surface area contributed by atoms with Gasteiger partial charge in [0.25, 0.3) is 0 Å². The molecule has 0 spiro atoms. The molecule has 0 saturated carbocycles. The number of nitrogens with one attached hydrogen (secondary N) is 1. The van der Waals surface area contributed by atoms with Crippen LogP contribution in [0.3, 0.4) is 0 Å². The Morgan fingerprint density at radius 3 is 2.85 bits per heavy atom. The van der Waals surface area contributed by atoms with E-state index in [0.717, 1.165) is 10.0 Å². The third kappa shape index (κ3) is 2.63. The molecule has 3 N–H and O–H groups in total. The molecular weight excluding hydrogens is 190 g/mol. The van der Waals surface area contributed by atoms with Gasteiger partial charge in [-0.25, -0.2) is 10.6 Å². The summed E-state index contributed by atoms with van der Waals surface area (Å²) in [6.07, 6.45) is 0. The zero-order valence-electron chi connectivity index (χ0n) is 7.44. The van der Waals surface area contributed by atoms with Crippen molar-refractivity contribution in [3.8, 4) is 0 Å². The van der Waals surface area contributed by atoms with E-state index in [9.17, 15) is 4.79 Å². The Bertz CT molecular complexity index is 299. The fourth-order valence-electron chi connectivity index (χ4n) is 0.654. The quantitative estimate of drug-likeness (QED) is 0.416. The number of anilines is 1. The van der Waals surface area contributed by atoms with E-state index in [-0.39, 0.29) is 6.03 Å². The summed E-state index contributed by atoms with van der Waals surface area (Å²) in [5, 5.41) is 12.3. The Hall–Kier alpha value is -1.21. The van der Waals surface area contributed by atoms with Gasteiger partial charge in [0.1, 0.15) is 5.01 Å². The number of nitrogens with zero attached hydrogens (tertiary/aromatic N) is 3. The number of carbonyl (C=O) groups is 1. The molecule has 0 radical (unpaired) electrons. The minimum atomic E-state index is -0.376. The van der Waals surface area contributed by atoms with Gasteiger partial charge in [-0.3, -0.25) is 10.3 Å². The van der Waals surface area contributed by atoms with Crippen LogP contribution in [0.2, 0.25) is 0 Å². The van der Waals surface area contributed by atoms with Crippen LogP contribution in [0.4, 0.5) is 9.93 Å². The van der Waals surface area contributed by atoms with Crippen LogP contribution < -0.4 is 11.2 Å². The van der Waals surface area contributed by atoms with E-state index in [4.69, 9.17) is 5.84 Å². The zero-order valence-corrected chi connectivity index (χ0v) is 8.26. The maximum Gasteiger partial charge on any atom is 0.337 e. The first kappa shape index (κ1) is 9.87. The molecule has 0 unspecified atom stereocenters. The van der Waals surface area contributed by atoms with Crippen molar-refractivity contribution in [2.75, 3.05) is 11.9 Å². The highest BCUT2D eigenvalue weighted by Gasteiger charge is 2.09. The molecule has 1 aromatic heterocycles. The molecule has 0 saturated heterocycles. The summed E-state index contributed by atoms with van der Waals surface area (Å²) in [7, 11) is 0. The van der Waals surface area contributed by atoms with Crippen molar-refractivity contribution in [3.05, 3.63) is 5.01 Å². The number of aryl methyl sites for hydroxylation is 1. The monoisotopic (exact) mass is 201 g/mol. The first-order valence-electron chi connectivity index (χ1n) is 3.76. The highest BCUT2D eigenvalue weighted by atomic mass is 32.1. The standard InChI is InChI=1S/C6H11N5OS/c1-3-11(7)6(12)8-5-10-9-4(2)13-5/h3,7H2,1-2H3,(H,8,10,12). The van der Waals surface area contributed by atoms with E-state index in [1.165, 1.54) is 11.3 Å². The molecule has 0 aliphatic carbocycles. The van der Waals surface area contributed by atoms with Gasteiger partial charge in [-0.15, -0.1) is 10.2 Å². The van der Waals surface area contributed by atoms with E-state index >= 15 is 0 Å². The van der Waals surface area contributed by atoms with Gasteiger partial charge in [0.05, 0.1) is 0 Å². The van der Waals surface area contributed by atoms with Gasteiger partial charge < -0.3 is 0 Å². The van der Waals surface area contributed by atoms with E-state index in [1.807, 2.05) is 6.92 Å². The molecule has 13 heavy (non-hydrogen) atoms. The van der Waals surface area contributed by atoms with Crippen LogP contribution in [0.1, 0.15) is 11.9 Å². The van der Waals surface area contributed by atoms with Gasteiger partial charge in [-0.05, 0) is 13.8 Å². The number of amides is 2. The Morgan fingerprint density at radius 1 is 1.69 bits per heavy atom. The largest absolute Gasteiger partial charge is 0.337 e. The smallest absolute Gasteiger partial charge is 0.281 e. The first-order chi connectivity index (χ1) is 6.13. The van der Waals surface area contributed by atoms with Crippen molar-refractivity contribution in [2.45, 2.75) is 13.8 Å². The van der Waals surface area contributed by atoms with E-state index < -0.39 is 0 Å². The zero-order chi connectivity index (χ0) is 9.84. The van der Waals surface area contributed by atoms with Crippen molar-refractivity contribution in [1.29, 1.82) is 0 Å². The average molecular weight is 201 g/mol. The molecule has 1 aromatic rings. The molecule has 1 heterocycles. The lowest BCUT2D eigenvalue weighted by Crippen LogP contribution is -2.40.